The van der Waals surface area contributed by atoms with Crippen LogP contribution in [0.5, 0.6) is 5.75 Å². The first-order chi connectivity index (χ1) is 17.5. The molecule has 0 atom stereocenters. The van der Waals surface area contributed by atoms with Gasteiger partial charge >= 0.3 is 0 Å². The molecule has 1 saturated carbocycles. The summed E-state index contributed by atoms with van der Waals surface area (Å²) in [5.41, 5.74) is 9.83. The summed E-state index contributed by atoms with van der Waals surface area (Å²) in [6.07, 6.45) is 6.80. The number of nitrogens with two attached hydrogens (primary N) is 1. The summed E-state index contributed by atoms with van der Waals surface area (Å²) in [6.45, 7) is 2.82. The number of amides is 2. The van der Waals surface area contributed by atoms with Gasteiger partial charge in [-0.2, -0.15) is 5.10 Å². The highest BCUT2D eigenvalue weighted by atomic mass is 16.5. The van der Waals surface area contributed by atoms with Crippen LogP contribution in [0.1, 0.15) is 64.2 Å². The molecular weight excluding hydrogens is 454 g/mol. The molecule has 3 aliphatic rings. The van der Waals surface area contributed by atoms with Gasteiger partial charge in [-0.3, -0.25) is 14.5 Å². The van der Waals surface area contributed by atoms with Gasteiger partial charge in [0, 0.05) is 23.3 Å². The minimum absolute atomic E-state index is 0.154. The van der Waals surface area contributed by atoms with Crippen molar-refractivity contribution in [3.8, 4) is 11.4 Å². The summed E-state index contributed by atoms with van der Waals surface area (Å²) in [5.74, 6) is -0.116. The second kappa shape index (κ2) is 8.78. The Morgan fingerprint density at radius 2 is 1.61 bits per heavy atom. The van der Waals surface area contributed by atoms with Gasteiger partial charge in [0.15, 0.2) is 5.69 Å². The first kappa shape index (κ1) is 22.8. The molecule has 2 fully saturated rings. The van der Waals surface area contributed by atoms with Crippen molar-refractivity contribution < 1.29 is 14.3 Å². The van der Waals surface area contributed by atoms with Crippen LogP contribution < -0.4 is 15.4 Å². The van der Waals surface area contributed by atoms with Gasteiger partial charge in [-0.1, -0.05) is 18.6 Å². The van der Waals surface area contributed by atoms with E-state index in [1.165, 1.54) is 55.4 Å². The SMILES string of the molecule is COc1ccc(-n2nc(C(N)=O)c3c2C(=O)N(c2ccc(C4(N5CCCCC5)CC4)cc2)CC3)cc1. The second-order valence-corrected chi connectivity index (χ2v) is 9.98. The molecule has 0 spiro atoms. The van der Waals surface area contributed by atoms with E-state index in [2.05, 4.69) is 34.3 Å². The molecule has 3 heterocycles. The van der Waals surface area contributed by atoms with Crippen LogP contribution in [0.2, 0.25) is 0 Å². The number of methoxy groups -OCH3 is 1. The highest BCUT2D eigenvalue weighted by molar-refractivity contribution is 6.09. The number of rotatable bonds is 6. The first-order valence-electron chi connectivity index (χ1n) is 12.8. The van der Waals surface area contributed by atoms with Crippen molar-refractivity contribution in [3.05, 3.63) is 71.0 Å². The number of hydrogen-bond acceptors (Lipinski definition) is 5. The number of likely N-dealkylation sites (tertiary alicyclic amines) is 1. The summed E-state index contributed by atoms with van der Waals surface area (Å²) >= 11 is 0. The quantitative estimate of drug-likeness (QED) is 0.575. The van der Waals surface area contributed by atoms with Gasteiger partial charge in [-0.15, -0.1) is 0 Å². The zero-order chi connectivity index (χ0) is 24.9. The van der Waals surface area contributed by atoms with Gasteiger partial charge in [-0.05, 0) is 87.2 Å². The Labute approximate surface area is 210 Å². The lowest BCUT2D eigenvalue weighted by Crippen LogP contribution is -2.40. The number of fused-ring (bicyclic) bond motifs is 1. The Morgan fingerprint density at radius 3 is 2.22 bits per heavy atom. The molecule has 2 aliphatic heterocycles. The summed E-state index contributed by atoms with van der Waals surface area (Å²) in [4.78, 5) is 30.4. The summed E-state index contributed by atoms with van der Waals surface area (Å²) in [6, 6.07) is 15.7. The van der Waals surface area contributed by atoms with E-state index in [0.717, 1.165) is 5.69 Å². The Hall–Kier alpha value is -3.65. The van der Waals surface area contributed by atoms with Crippen LogP contribution in [-0.4, -0.2) is 53.2 Å². The molecular formula is C28H31N5O3. The smallest absolute Gasteiger partial charge is 0.277 e. The fourth-order valence-electron chi connectivity index (χ4n) is 5.89. The van der Waals surface area contributed by atoms with Crippen molar-refractivity contribution >= 4 is 17.5 Å². The molecule has 2 N–H and O–H groups in total. The van der Waals surface area contributed by atoms with Crippen LogP contribution in [0.15, 0.2) is 48.5 Å². The number of piperidine rings is 1. The summed E-state index contributed by atoms with van der Waals surface area (Å²) < 4.78 is 6.79. The fraction of sp³-hybridized carbons (Fsp3) is 0.393. The van der Waals surface area contributed by atoms with E-state index in [1.54, 1.807) is 24.1 Å². The molecule has 2 aromatic carbocycles. The number of anilines is 1. The normalized spacial score (nSPS) is 19.1. The lowest BCUT2D eigenvalue weighted by molar-refractivity contribution is 0.0972. The topological polar surface area (TPSA) is 93.7 Å². The number of carbonyl (C=O) groups excluding carboxylic acids is 2. The van der Waals surface area contributed by atoms with Crippen molar-refractivity contribution in [2.45, 2.75) is 44.1 Å². The Morgan fingerprint density at radius 1 is 0.944 bits per heavy atom. The maximum Gasteiger partial charge on any atom is 0.277 e. The maximum atomic E-state index is 13.8. The first-order valence-corrected chi connectivity index (χ1v) is 12.8. The molecule has 1 saturated heterocycles. The number of primary amides is 1. The van der Waals surface area contributed by atoms with Gasteiger partial charge in [0.2, 0.25) is 0 Å². The van der Waals surface area contributed by atoms with Gasteiger partial charge in [0.05, 0.1) is 12.8 Å². The average Bonchev–Trinajstić information content (AvgIpc) is 3.63. The molecule has 6 rings (SSSR count). The van der Waals surface area contributed by atoms with Gasteiger partial charge in [0.25, 0.3) is 11.8 Å². The highest BCUT2D eigenvalue weighted by Gasteiger charge is 2.49. The Kier molecular flexibility index (Phi) is 5.56. The number of aromatic nitrogens is 2. The third-order valence-corrected chi connectivity index (χ3v) is 7.97. The number of benzene rings is 2. The molecule has 2 amide bonds. The molecule has 1 aliphatic carbocycles. The van der Waals surface area contributed by atoms with Crippen LogP contribution in [0.3, 0.4) is 0 Å². The third-order valence-electron chi connectivity index (χ3n) is 7.97. The highest BCUT2D eigenvalue weighted by Crippen LogP contribution is 2.52. The van der Waals surface area contributed by atoms with Gasteiger partial charge in [0.1, 0.15) is 11.4 Å². The van der Waals surface area contributed by atoms with Crippen molar-refractivity contribution in [2.75, 3.05) is 31.6 Å². The van der Waals surface area contributed by atoms with E-state index >= 15 is 0 Å². The maximum absolute atomic E-state index is 13.8. The number of ether oxygens (including phenoxy) is 1. The lowest BCUT2D eigenvalue weighted by atomic mass is 9.98. The van der Waals surface area contributed by atoms with Crippen molar-refractivity contribution in [3.63, 3.8) is 0 Å². The van der Waals surface area contributed by atoms with Crippen molar-refractivity contribution in [2.24, 2.45) is 5.73 Å². The van der Waals surface area contributed by atoms with Crippen molar-refractivity contribution in [1.82, 2.24) is 14.7 Å². The minimum Gasteiger partial charge on any atom is -0.497 e. The monoisotopic (exact) mass is 485 g/mol. The largest absolute Gasteiger partial charge is 0.497 e. The van der Waals surface area contributed by atoms with Crippen LogP contribution in [-0.2, 0) is 12.0 Å². The Balaban J connectivity index is 1.32. The molecule has 3 aromatic rings. The van der Waals surface area contributed by atoms with Gasteiger partial charge < -0.3 is 15.4 Å². The van der Waals surface area contributed by atoms with E-state index in [-0.39, 0.29) is 17.1 Å². The molecule has 8 heteroatoms. The summed E-state index contributed by atoms with van der Waals surface area (Å²) in [7, 11) is 1.60. The molecule has 1 aromatic heterocycles. The van der Waals surface area contributed by atoms with Crippen LogP contribution >= 0.6 is 0 Å². The zero-order valence-corrected chi connectivity index (χ0v) is 20.6. The number of nitrogens with zero attached hydrogens (tertiary/aromatic N) is 4. The third kappa shape index (κ3) is 3.67. The number of carbonyl (C=O) groups is 2. The molecule has 0 unspecified atom stereocenters. The lowest BCUT2D eigenvalue weighted by Gasteiger charge is -2.35. The Bertz CT molecular complexity index is 1300. The minimum atomic E-state index is -0.628. The van der Waals surface area contributed by atoms with Crippen LogP contribution in [0.25, 0.3) is 5.69 Å². The molecule has 0 radical (unpaired) electrons. The van der Waals surface area contributed by atoms with Crippen LogP contribution in [0, 0.1) is 0 Å². The van der Waals surface area contributed by atoms with E-state index in [1.807, 2.05) is 12.1 Å². The van der Waals surface area contributed by atoms with Crippen LogP contribution in [0.4, 0.5) is 5.69 Å². The van der Waals surface area contributed by atoms with E-state index in [0.29, 0.717) is 35.7 Å². The zero-order valence-electron chi connectivity index (χ0n) is 20.6. The predicted molar refractivity (Wildman–Crippen MR) is 137 cm³/mol. The molecule has 36 heavy (non-hydrogen) atoms. The van der Waals surface area contributed by atoms with Gasteiger partial charge in [-0.25, -0.2) is 4.68 Å². The average molecular weight is 486 g/mol. The predicted octanol–water partition coefficient (Wildman–Crippen LogP) is 3.66. The molecule has 186 valence electrons. The fourth-order valence-corrected chi connectivity index (χ4v) is 5.89. The molecule has 0 bridgehead atoms. The number of hydrogen-bond donors (Lipinski definition) is 1. The van der Waals surface area contributed by atoms with E-state index < -0.39 is 5.91 Å². The standard InChI is InChI=1S/C28H31N5O3/c1-36-22-11-9-21(10-12-22)33-25-23(24(30-33)26(29)34)13-18-32(27(25)35)20-7-5-19(6-8-20)28(14-15-28)31-16-3-2-4-17-31/h5-12H,2-4,13-18H2,1H3,(H2,29,34). The van der Waals surface area contributed by atoms with Crippen molar-refractivity contribution in [1.29, 1.82) is 0 Å². The van der Waals surface area contributed by atoms with E-state index in [4.69, 9.17) is 10.5 Å². The van der Waals surface area contributed by atoms with E-state index in [9.17, 15) is 9.59 Å². The summed E-state index contributed by atoms with van der Waals surface area (Å²) in [5, 5.41) is 4.45. The second-order valence-electron chi connectivity index (χ2n) is 9.98. The molecule has 8 nitrogen and oxygen atoms in total.